The minimum Gasteiger partial charge on any atom is -0.457 e. The average molecular weight is 415 g/mol. The molecule has 3 aromatic carbocycles. The van der Waals surface area contributed by atoms with Crippen molar-refractivity contribution < 1.29 is 14.3 Å². The molecule has 5 heteroatoms. The number of ether oxygens (including phenoxy) is 1. The highest BCUT2D eigenvalue weighted by molar-refractivity contribution is 6.04. The third-order valence-corrected chi connectivity index (χ3v) is 5.42. The van der Waals surface area contributed by atoms with Gasteiger partial charge in [-0.2, -0.15) is 0 Å². The van der Waals surface area contributed by atoms with Gasteiger partial charge in [0.15, 0.2) is 0 Å². The zero-order valence-corrected chi connectivity index (χ0v) is 17.6. The molecule has 0 aromatic heterocycles. The number of rotatable bonds is 8. The van der Waals surface area contributed by atoms with E-state index in [0.29, 0.717) is 17.9 Å². The van der Waals surface area contributed by atoms with Gasteiger partial charge in [-0.25, -0.2) is 0 Å². The van der Waals surface area contributed by atoms with Gasteiger partial charge in [-0.05, 0) is 36.2 Å². The summed E-state index contributed by atoms with van der Waals surface area (Å²) in [6.45, 7) is 2.96. The van der Waals surface area contributed by atoms with Gasteiger partial charge in [-0.1, -0.05) is 67.9 Å². The summed E-state index contributed by atoms with van der Waals surface area (Å²) in [5, 5.41) is 2.99. The molecule has 3 aromatic rings. The predicted molar refractivity (Wildman–Crippen MR) is 120 cm³/mol. The normalized spacial score (nSPS) is 14.9. The lowest BCUT2D eigenvalue weighted by Crippen LogP contribution is -2.39. The molecule has 5 nitrogen and oxygen atoms in total. The largest absolute Gasteiger partial charge is 0.457 e. The Bertz CT molecular complexity index is 1070. The maximum Gasteiger partial charge on any atom is 0.255 e. The van der Waals surface area contributed by atoms with Gasteiger partial charge in [-0.15, -0.1) is 0 Å². The van der Waals surface area contributed by atoms with Crippen LogP contribution in [0.5, 0.6) is 11.5 Å². The van der Waals surface area contributed by atoms with E-state index in [-0.39, 0.29) is 18.4 Å². The highest BCUT2D eigenvalue weighted by Gasteiger charge is 2.40. The maximum atomic E-state index is 13.2. The monoisotopic (exact) mass is 414 g/mol. The zero-order chi connectivity index (χ0) is 21.6. The Morgan fingerprint density at radius 1 is 0.968 bits per heavy atom. The first kappa shape index (κ1) is 20.7. The van der Waals surface area contributed by atoms with Gasteiger partial charge in [0.25, 0.3) is 5.91 Å². The third-order valence-electron chi connectivity index (χ3n) is 5.42. The van der Waals surface area contributed by atoms with Gasteiger partial charge in [0.2, 0.25) is 5.91 Å². The highest BCUT2D eigenvalue weighted by atomic mass is 16.5. The van der Waals surface area contributed by atoms with Gasteiger partial charge in [0.1, 0.15) is 17.5 Å². The van der Waals surface area contributed by atoms with Crippen LogP contribution in [0.25, 0.3) is 0 Å². The van der Waals surface area contributed by atoms with Crippen molar-refractivity contribution in [2.45, 2.75) is 32.4 Å². The fourth-order valence-electron chi connectivity index (χ4n) is 3.83. The molecule has 0 fully saturated rings. The second kappa shape index (κ2) is 9.47. The second-order valence-corrected chi connectivity index (χ2v) is 7.59. The summed E-state index contributed by atoms with van der Waals surface area (Å²) in [7, 11) is 0. The Hall–Kier alpha value is -3.60. The summed E-state index contributed by atoms with van der Waals surface area (Å²) in [6.07, 6.45) is 1.90. The van der Waals surface area contributed by atoms with Gasteiger partial charge < -0.3 is 15.0 Å². The number of hydrogen-bond acceptors (Lipinski definition) is 3. The Kier molecular flexibility index (Phi) is 6.32. The van der Waals surface area contributed by atoms with Gasteiger partial charge >= 0.3 is 0 Å². The van der Waals surface area contributed by atoms with E-state index in [1.54, 1.807) is 11.0 Å². The first-order valence-corrected chi connectivity index (χ1v) is 10.7. The second-order valence-electron chi connectivity index (χ2n) is 7.59. The molecule has 1 atom stereocenters. The lowest BCUT2D eigenvalue weighted by atomic mass is 10.0. The number of para-hydroxylation sites is 2. The number of benzene rings is 3. The van der Waals surface area contributed by atoms with Crippen LogP contribution in [0.4, 0.5) is 0 Å². The quantitative estimate of drug-likeness (QED) is 0.522. The number of fused-ring (bicyclic) bond motifs is 1. The Balaban J connectivity index is 1.62. The fourth-order valence-corrected chi connectivity index (χ4v) is 3.83. The van der Waals surface area contributed by atoms with Crippen molar-refractivity contribution in [2.24, 2.45) is 0 Å². The molecule has 0 saturated heterocycles. The van der Waals surface area contributed by atoms with E-state index >= 15 is 0 Å². The topological polar surface area (TPSA) is 58.6 Å². The molecule has 2 amide bonds. The predicted octanol–water partition coefficient (Wildman–Crippen LogP) is 5.09. The van der Waals surface area contributed by atoms with E-state index in [1.807, 2.05) is 72.8 Å². The Morgan fingerprint density at radius 2 is 1.68 bits per heavy atom. The van der Waals surface area contributed by atoms with E-state index in [9.17, 15) is 9.59 Å². The summed E-state index contributed by atoms with van der Waals surface area (Å²) in [5.41, 5.74) is 2.18. The molecular formula is C26H26N2O3. The lowest BCUT2D eigenvalue weighted by Gasteiger charge is -2.25. The smallest absolute Gasteiger partial charge is 0.255 e. The first-order valence-electron chi connectivity index (χ1n) is 10.7. The molecule has 0 spiro atoms. The van der Waals surface area contributed by atoms with E-state index in [1.165, 1.54) is 0 Å². The lowest BCUT2D eigenvalue weighted by molar-refractivity contribution is -0.125. The van der Waals surface area contributed by atoms with Crippen LogP contribution in [0.15, 0.2) is 78.9 Å². The van der Waals surface area contributed by atoms with Crippen molar-refractivity contribution in [3.63, 3.8) is 0 Å². The summed E-state index contributed by atoms with van der Waals surface area (Å²) < 4.78 is 6.07. The molecule has 158 valence electrons. The molecule has 31 heavy (non-hydrogen) atoms. The maximum absolute atomic E-state index is 13.2. The fraction of sp³-hybridized carbons (Fsp3) is 0.231. The van der Waals surface area contributed by atoms with E-state index in [2.05, 4.69) is 12.2 Å². The zero-order valence-electron chi connectivity index (χ0n) is 17.6. The number of amides is 2. The van der Waals surface area contributed by atoms with Crippen LogP contribution in [0, 0.1) is 0 Å². The van der Waals surface area contributed by atoms with Crippen LogP contribution in [-0.2, 0) is 11.3 Å². The number of hydrogen-bond donors (Lipinski definition) is 1. The molecule has 0 saturated carbocycles. The van der Waals surface area contributed by atoms with Crippen molar-refractivity contribution in [2.75, 3.05) is 6.54 Å². The molecule has 1 heterocycles. The summed E-state index contributed by atoms with van der Waals surface area (Å²) >= 11 is 0. The molecular weight excluding hydrogens is 388 g/mol. The van der Waals surface area contributed by atoms with Gasteiger partial charge in [0.05, 0.1) is 6.54 Å². The van der Waals surface area contributed by atoms with Crippen LogP contribution in [0.1, 0.15) is 47.3 Å². The third kappa shape index (κ3) is 4.45. The summed E-state index contributed by atoms with van der Waals surface area (Å²) in [6, 6.07) is 23.9. The van der Waals surface area contributed by atoms with Crippen molar-refractivity contribution in [3.05, 3.63) is 95.6 Å². The van der Waals surface area contributed by atoms with Gasteiger partial charge in [-0.3, -0.25) is 9.59 Å². The molecule has 1 aliphatic heterocycles. The number of unbranched alkanes of at least 4 members (excludes halogenated alkanes) is 1. The summed E-state index contributed by atoms with van der Waals surface area (Å²) in [4.78, 5) is 27.9. The molecule has 0 aliphatic carbocycles. The van der Waals surface area contributed by atoms with Crippen molar-refractivity contribution in [3.8, 4) is 11.5 Å². The van der Waals surface area contributed by atoms with E-state index in [0.717, 1.165) is 29.7 Å². The highest BCUT2D eigenvalue weighted by Crippen LogP contribution is 2.36. The van der Waals surface area contributed by atoms with Crippen LogP contribution in [-0.4, -0.2) is 23.3 Å². The van der Waals surface area contributed by atoms with Crippen LogP contribution in [0.3, 0.4) is 0 Å². The SMILES string of the molecule is CCCCNC(=O)C1c2ccccc2C(=O)N1Cc1ccccc1Oc1ccccc1. The minimum absolute atomic E-state index is 0.138. The molecule has 1 aliphatic rings. The number of carbonyl (C=O) groups excluding carboxylic acids is 2. The molecule has 0 bridgehead atoms. The van der Waals surface area contributed by atoms with Crippen LogP contribution in [0.2, 0.25) is 0 Å². The number of carbonyl (C=O) groups is 2. The standard InChI is InChI=1S/C26H26N2O3/c1-2-3-17-27-25(29)24-21-14-8-9-15-22(21)26(30)28(24)18-19-11-7-10-16-23(19)31-20-12-5-4-6-13-20/h4-16,24H,2-3,17-18H2,1H3,(H,27,29). The van der Waals surface area contributed by atoms with Gasteiger partial charge in [0, 0.05) is 17.7 Å². The Morgan fingerprint density at radius 3 is 2.48 bits per heavy atom. The van der Waals surface area contributed by atoms with Crippen LogP contribution < -0.4 is 10.1 Å². The number of nitrogens with zero attached hydrogens (tertiary/aromatic N) is 1. The molecule has 1 N–H and O–H groups in total. The molecule has 0 radical (unpaired) electrons. The molecule has 4 rings (SSSR count). The van der Waals surface area contributed by atoms with Crippen molar-refractivity contribution in [1.29, 1.82) is 0 Å². The van der Waals surface area contributed by atoms with E-state index < -0.39 is 6.04 Å². The first-order chi connectivity index (χ1) is 15.2. The van der Waals surface area contributed by atoms with Crippen LogP contribution >= 0.6 is 0 Å². The average Bonchev–Trinajstić information content (AvgIpc) is 3.08. The number of nitrogens with one attached hydrogen (secondary N) is 1. The van der Waals surface area contributed by atoms with Crippen molar-refractivity contribution >= 4 is 11.8 Å². The van der Waals surface area contributed by atoms with E-state index in [4.69, 9.17) is 4.74 Å². The Labute approximate surface area is 182 Å². The minimum atomic E-state index is -0.648. The van der Waals surface area contributed by atoms with Crippen molar-refractivity contribution in [1.82, 2.24) is 10.2 Å². The molecule has 1 unspecified atom stereocenters. The summed E-state index contributed by atoms with van der Waals surface area (Å²) in [5.74, 6) is 1.11.